The average molecular weight is 544 g/mol. The van der Waals surface area contributed by atoms with Gasteiger partial charge >= 0.3 is 5.97 Å². The minimum atomic E-state index is -0.516. The van der Waals surface area contributed by atoms with Crippen LogP contribution in [-0.2, 0) is 0 Å². The predicted octanol–water partition coefficient (Wildman–Crippen LogP) is 4.68. The molecule has 0 aliphatic heterocycles. The van der Waals surface area contributed by atoms with Gasteiger partial charge in [0.1, 0.15) is 5.75 Å². The molecule has 0 radical (unpaired) electrons. The molecule has 0 bridgehead atoms. The quantitative estimate of drug-likeness (QED) is 0.146. The van der Waals surface area contributed by atoms with Crippen LogP contribution in [0.15, 0.2) is 71.8 Å². The maximum Gasteiger partial charge on any atom is 0.343 e. The zero-order valence-electron chi connectivity index (χ0n) is 17.5. The second kappa shape index (κ2) is 11.3. The average Bonchev–Trinajstić information content (AvgIpc) is 2.80. The Bertz CT molecular complexity index is 1130. The van der Waals surface area contributed by atoms with E-state index >= 15 is 0 Å². The van der Waals surface area contributed by atoms with E-state index in [0.717, 1.165) is 3.57 Å². The van der Waals surface area contributed by atoms with Crippen molar-refractivity contribution >= 4 is 40.7 Å². The lowest BCUT2D eigenvalue weighted by molar-refractivity contribution is 0.0729. The molecule has 3 rings (SSSR count). The van der Waals surface area contributed by atoms with Gasteiger partial charge in [0.05, 0.1) is 31.1 Å². The molecular weight excluding hydrogens is 523 g/mol. The number of hydrogen-bond acceptors (Lipinski definition) is 6. The van der Waals surface area contributed by atoms with Crippen molar-refractivity contribution in [2.75, 3.05) is 13.7 Å². The van der Waals surface area contributed by atoms with Crippen LogP contribution in [-0.4, -0.2) is 31.8 Å². The van der Waals surface area contributed by atoms with Crippen LogP contribution in [0.1, 0.15) is 33.2 Å². The highest BCUT2D eigenvalue weighted by Crippen LogP contribution is 2.28. The van der Waals surface area contributed by atoms with Gasteiger partial charge in [0.2, 0.25) is 0 Å². The minimum absolute atomic E-state index is 0.270. The first-order chi connectivity index (χ1) is 15.5. The van der Waals surface area contributed by atoms with Crippen molar-refractivity contribution < 1.29 is 23.8 Å². The SMILES string of the molecule is CCOc1ccc(C(=O)Oc2ccc(/C=N/NC(=O)c3ccccc3I)cc2OC)cc1. The Labute approximate surface area is 199 Å². The van der Waals surface area contributed by atoms with Crippen molar-refractivity contribution in [1.82, 2.24) is 5.43 Å². The normalized spacial score (nSPS) is 10.6. The number of ether oxygens (including phenoxy) is 3. The summed E-state index contributed by atoms with van der Waals surface area (Å²) >= 11 is 2.09. The van der Waals surface area contributed by atoms with Crippen molar-refractivity contribution in [2.24, 2.45) is 5.10 Å². The van der Waals surface area contributed by atoms with Gasteiger partial charge in [-0.25, -0.2) is 10.2 Å². The van der Waals surface area contributed by atoms with Gasteiger partial charge in [-0.3, -0.25) is 4.79 Å². The van der Waals surface area contributed by atoms with Crippen LogP contribution in [0.3, 0.4) is 0 Å². The molecule has 0 aliphatic rings. The number of nitrogens with zero attached hydrogens (tertiary/aromatic N) is 1. The fraction of sp³-hybridized carbons (Fsp3) is 0.125. The number of hydrazone groups is 1. The van der Waals surface area contributed by atoms with Gasteiger partial charge in [0.15, 0.2) is 11.5 Å². The Morgan fingerprint density at radius 3 is 2.47 bits per heavy atom. The van der Waals surface area contributed by atoms with Gasteiger partial charge in [-0.1, -0.05) is 12.1 Å². The standard InChI is InChI=1S/C24H21IN2O5/c1-3-31-18-11-9-17(10-12-18)24(29)32-21-13-8-16(14-22(21)30-2)15-26-27-23(28)19-6-4-5-7-20(19)25/h4-15H,3H2,1-2H3,(H,27,28)/b26-15+. The molecule has 0 aromatic heterocycles. The van der Waals surface area contributed by atoms with Crippen LogP contribution < -0.4 is 19.6 Å². The summed E-state index contributed by atoms with van der Waals surface area (Å²) in [6.45, 7) is 2.44. The summed E-state index contributed by atoms with van der Waals surface area (Å²) in [5.41, 5.74) is 4.08. The van der Waals surface area contributed by atoms with E-state index < -0.39 is 5.97 Å². The smallest absolute Gasteiger partial charge is 0.343 e. The van der Waals surface area contributed by atoms with Crippen LogP contribution in [0.2, 0.25) is 0 Å². The van der Waals surface area contributed by atoms with Gasteiger partial charge in [-0.15, -0.1) is 0 Å². The Morgan fingerprint density at radius 2 is 1.78 bits per heavy atom. The van der Waals surface area contributed by atoms with Gasteiger partial charge in [-0.05, 0) is 89.7 Å². The molecule has 0 fully saturated rings. The maximum atomic E-state index is 12.5. The van der Waals surface area contributed by atoms with E-state index in [1.54, 1.807) is 54.6 Å². The third-order valence-corrected chi connectivity index (χ3v) is 5.23. The molecule has 0 spiro atoms. The molecule has 0 unspecified atom stereocenters. The van der Waals surface area contributed by atoms with Gasteiger partial charge in [-0.2, -0.15) is 5.10 Å². The Kier molecular flexibility index (Phi) is 8.20. The molecular formula is C24H21IN2O5. The number of hydrogen-bond donors (Lipinski definition) is 1. The topological polar surface area (TPSA) is 86.2 Å². The number of carbonyl (C=O) groups excluding carboxylic acids is 2. The van der Waals surface area contributed by atoms with Gasteiger partial charge < -0.3 is 14.2 Å². The number of esters is 1. The Hall–Kier alpha value is -3.40. The minimum Gasteiger partial charge on any atom is -0.494 e. The number of methoxy groups -OCH3 is 1. The van der Waals surface area contributed by atoms with Crippen molar-refractivity contribution in [2.45, 2.75) is 6.92 Å². The number of rotatable bonds is 8. The summed E-state index contributed by atoms with van der Waals surface area (Å²) in [6, 6.07) is 18.9. The van der Waals surface area contributed by atoms with Crippen LogP contribution in [0.4, 0.5) is 0 Å². The molecule has 0 atom stereocenters. The van der Waals surface area contributed by atoms with E-state index in [4.69, 9.17) is 14.2 Å². The molecule has 3 aromatic carbocycles. The molecule has 0 heterocycles. The highest BCUT2D eigenvalue weighted by molar-refractivity contribution is 14.1. The fourth-order valence-corrected chi connectivity index (χ4v) is 3.36. The molecule has 0 saturated carbocycles. The van der Waals surface area contributed by atoms with E-state index in [1.165, 1.54) is 13.3 Å². The van der Waals surface area contributed by atoms with E-state index in [9.17, 15) is 9.59 Å². The van der Waals surface area contributed by atoms with E-state index in [2.05, 4.69) is 33.1 Å². The molecule has 3 aromatic rings. The number of halogens is 1. The lowest BCUT2D eigenvalue weighted by atomic mass is 10.2. The number of benzene rings is 3. The first kappa shape index (κ1) is 23.3. The predicted molar refractivity (Wildman–Crippen MR) is 130 cm³/mol. The summed E-state index contributed by atoms with van der Waals surface area (Å²) in [4.78, 5) is 24.7. The monoisotopic (exact) mass is 544 g/mol. The summed E-state index contributed by atoms with van der Waals surface area (Å²) in [5.74, 6) is 0.486. The second-order valence-corrected chi connectivity index (χ2v) is 7.60. The molecule has 0 saturated heterocycles. The maximum absolute atomic E-state index is 12.5. The molecule has 0 aliphatic carbocycles. The molecule has 7 nitrogen and oxygen atoms in total. The van der Waals surface area contributed by atoms with Crippen molar-refractivity contribution in [3.05, 3.63) is 87.0 Å². The molecule has 8 heteroatoms. The Balaban J connectivity index is 1.66. The van der Waals surface area contributed by atoms with Gasteiger partial charge in [0.25, 0.3) is 5.91 Å². The fourth-order valence-electron chi connectivity index (χ4n) is 2.73. The number of nitrogens with one attached hydrogen (secondary N) is 1. The number of amides is 1. The van der Waals surface area contributed by atoms with Crippen LogP contribution in [0.25, 0.3) is 0 Å². The molecule has 164 valence electrons. The van der Waals surface area contributed by atoms with E-state index in [0.29, 0.717) is 34.8 Å². The van der Waals surface area contributed by atoms with Crippen molar-refractivity contribution in [3.63, 3.8) is 0 Å². The highest BCUT2D eigenvalue weighted by Gasteiger charge is 2.13. The van der Waals surface area contributed by atoms with Crippen molar-refractivity contribution in [1.29, 1.82) is 0 Å². The first-order valence-electron chi connectivity index (χ1n) is 9.72. The molecule has 32 heavy (non-hydrogen) atoms. The number of carbonyl (C=O) groups is 2. The third kappa shape index (κ3) is 6.07. The lowest BCUT2D eigenvalue weighted by Crippen LogP contribution is -2.18. The highest BCUT2D eigenvalue weighted by atomic mass is 127. The van der Waals surface area contributed by atoms with Gasteiger partial charge in [0, 0.05) is 3.57 Å². The van der Waals surface area contributed by atoms with E-state index in [-0.39, 0.29) is 11.7 Å². The first-order valence-corrected chi connectivity index (χ1v) is 10.8. The summed E-state index contributed by atoms with van der Waals surface area (Å²) in [7, 11) is 1.48. The Morgan fingerprint density at radius 1 is 1.03 bits per heavy atom. The van der Waals surface area contributed by atoms with Crippen LogP contribution >= 0.6 is 22.6 Å². The molecule has 1 N–H and O–H groups in total. The van der Waals surface area contributed by atoms with Crippen LogP contribution in [0.5, 0.6) is 17.2 Å². The second-order valence-electron chi connectivity index (χ2n) is 6.44. The lowest BCUT2D eigenvalue weighted by Gasteiger charge is -2.10. The zero-order chi connectivity index (χ0) is 22.9. The summed E-state index contributed by atoms with van der Waals surface area (Å²) in [5, 5.41) is 3.99. The summed E-state index contributed by atoms with van der Waals surface area (Å²) < 4.78 is 17.0. The largest absolute Gasteiger partial charge is 0.494 e. The zero-order valence-corrected chi connectivity index (χ0v) is 19.7. The van der Waals surface area contributed by atoms with Crippen LogP contribution in [0, 0.1) is 3.57 Å². The summed E-state index contributed by atoms with van der Waals surface area (Å²) in [6.07, 6.45) is 1.48. The molecule has 1 amide bonds. The van der Waals surface area contributed by atoms with Crippen molar-refractivity contribution in [3.8, 4) is 17.2 Å². The third-order valence-electron chi connectivity index (χ3n) is 4.29. The van der Waals surface area contributed by atoms with E-state index in [1.807, 2.05) is 19.1 Å².